The lowest BCUT2D eigenvalue weighted by atomic mass is 10.0. The molecule has 0 fully saturated rings. The molecule has 0 saturated carbocycles. The summed E-state index contributed by atoms with van der Waals surface area (Å²) in [5, 5.41) is 64.4. The summed E-state index contributed by atoms with van der Waals surface area (Å²) in [6.45, 7) is 1.17. The Kier molecular flexibility index (Phi) is 14.8. The third-order valence-corrected chi connectivity index (χ3v) is 10.5. The molecular weight excluding hydrogens is 721 g/mol. The number of hydroxylamine groups is 4. The highest BCUT2D eigenvalue weighted by molar-refractivity contribution is 8.15. The van der Waals surface area contributed by atoms with Crippen LogP contribution in [-0.4, -0.2) is 146 Å². The molecule has 18 heteroatoms. The number of carbonyl (C=O) groups is 2. The topological polar surface area (TPSA) is 224 Å². The molecule has 3 aliphatic heterocycles. The SMILES string of the molecule is O=C1C2CSC(=N2)c2cc(c(O)cc2O)CCCOCCCOCCCc2cc(c(O)cc2O)C2=NC(CS2)C(=O)N(O)CCOCOCCN1O. The quantitative estimate of drug-likeness (QED) is 0.212. The second kappa shape index (κ2) is 19.5. The van der Waals surface area contributed by atoms with Crippen molar-refractivity contribution in [1.82, 2.24) is 10.1 Å². The fourth-order valence-corrected chi connectivity index (χ4v) is 7.63. The summed E-state index contributed by atoms with van der Waals surface area (Å²) in [4.78, 5) is 34.5. The fourth-order valence-electron chi connectivity index (χ4n) is 5.52. The summed E-state index contributed by atoms with van der Waals surface area (Å²) in [5.74, 6) is -1.24. The zero-order chi connectivity index (χ0) is 37.0. The standard InChI is InChI=1S/C34H44N4O12S2/c39-27-16-29(41)23-14-21(27)4-1-8-47-10-3-11-48-9-2-5-22-15-24(30(42)17-28(22)40)32-36-26(19-52-32)34(44)38(46)7-13-50-20-49-12-6-37(45)33(43)25-18-51-31(23)35-25/h14-17,25-26,39-42,45-46H,1-13,18-20H2. The summed E-state index contributed by atoms with van der Waals surface area (Å²) in [6.07, 6.45) is 2.88. The van der Waals surface area contributed by atoms with Gasteiger partial charge in [-0.3, -0.25) is 30.0 Å². The zero-order valence-electron chi connectivity index (χ0n) is 28.5. The van der Waals surface area contributed by atoms with Gasteiger partial charge in [0.25, 0.3) is 11.8 Å². The molecule has 2 atom stereocenters. The molecule has 0 spiro atoms. The van der Waals surface area contributed by atoms with Crippen molar-refractivity contribution in [3.05, 3.63) is 46.5 Å². The predicted molar refractivity (Wildman–Crippen MR) is 192 cm³/mol. The molecule has 3 heterocycles. The number of hydrogen-bond donors (Lipinski definition) is 6. The van der Waals surface area contributed by atoms with Gasteiger partial charge in [-0.05, 0) is 55.4 Å². The molecule has 0 saturated heterocycles. The van der Waals surface area contributed by atoms with Crippen molar-refractivity contribution in [2.24, 2.45) is 9.98 Å². The highest BCUT2D eigenvalue weighted by Gasteiger charge is 2.32. The lowest BCUT2D eigenvalue weighted by molar-refractivity contribution is -0.175. The highest BCUT2D eigenvalue weighted by atomic mass is 32.2. The van der Waals surface area contributed by atoms with E-state index < -0.39 is 23.9 Å². The Morgan fingerprint density at radius 3 is 1.44 bits per heavy atom. The Hall–Kier alpha value is -3.62. The average Bonchev–Trinajstić information content (AvgIpc) is 3.81. The second-order valence-corrected chi connectivity index (χ2v) is 14.2. The van der Waals surface area contributed by atoms with Crippen LogP contribution in [0.5, 0.6) is 23.0 Å². The monoisotopic (exact) mass is 764 g/mol. The number of rotatable bonds is 0. The van der Waals surface area contributed by atoms with E-state index in [9.17, 15) is 40.4 Å². The molecule has 0 aliphatic carbocycles. The molecule has 6 N–H and O–H groups in total. The van der Waals surface area contributed by atoms with Crippen molar-refractivity contribution >= 4 is 45.4 Å². The van der Waals surface area contributed by atoms with Gasteiger partial charge in [-0.1, -0.05) is 0 Å². The normalized spacial score (nSPS) is 22.8. The van der Waals surface area contributed by atoms with Gasteiger partial charge in [0.2, 0.25) is 0 Å². The maximum absolute atomic E-state index is 12.8. The van der Waals surface area contributed by atoms with Crippen molar-refractivity contribution in [3.8, 4) is 23.0 Å². The summed E-state index contributed by atoms with van der Waals surface area (Å²) < 4.78 is 22.1. The van der Waals surface area contributed by atoms with Crippen molar-refractivity contribution in [1.29, 1.82) is 0 Å². The minimum absolute atomic E-state index is 0.0570. The van der Waals surface area contributed by atoms with Gasteiger partial charge in [-0.25, -0.2) is 10.1 Å². The molecule has 3 aliphatic rings. The van der Waals surface area contributed by atoms with E-state index in [0.29, 0.717) is 101 Å². The van der Waals surface area contributed by atoms with E-state index >= 15 is 0 Å². The minimum atomic E-state index is -0.880. The molecule has 2 aromatic rings. The predicted octanol–water partition coefficient (Wildman–Crippen LogP) is 2.66. The number of fused-ring (bicyclic) bond motifs is 8. The lowest BCUT2D eigenvalue weighted by Crippen LogP contribution is -2.39. The van der Waals surface area contributed by atoms with Crippen LogP contribution in [0.15, 0.2) is 34.3 Å². The first-order chi connectivity index (χ1) is 25.1. The van der Waals surface area contributed by atoms with Gasteiger partial charge in [0.1, 0.15) is 52.0 Å². The number of nitrogens with zero attached hydrogens (tertiary/aromatic N) is 4. The number of hydrogen-bond acceptors (Lipinski definition) is 16. The van der Waals surface area contributed by atoms with Crippen LogP contribution in [0.3, 0.4) is 0 Å². The van der Waals surface area contributed by atoms with Crippen LogP contribution in [0, 0.1) is 0 Å². The lowest BCUT2D eigenvalue weighted by Gasteiger charge is -2.18. The summed E-state index contributed by atoms with van der Waals surface area (Å²) in [7, 11) is 0. The number of ether oxygens (including phenoxy) is 4. The van der Waals surface area contributed by atoms with E-state index in [2.05, 4.69) is 9.98 Å². The molecule has 2 amide bonds. The van der Waals surface area contributed by atoms with Gasteiger partial charge >= 0.3 is 0 Å². The van der Waals surface area contributed by atoms with E-state index in [0.717, 1.165) is 0 Å². The Morgan fingerprint density at radius 1 is 0.577 bits per heavy atom. The first-order valence-corrected chi connectivity index (χ1v) is 18.9. The first-order valence-electron chi connectivity index (χ1n) is 17.0. The maximum atomic E-state index is 12.8. The molecule has 52 heavy (non-hydrogen) atoms. The molecule has 8 bridgehead atoms. The maximum Gasteiger partial charge on any atom is 0.271 e. The average molecular weight is 765 g/mol. The van der Waals surface area contributed by atoms with Crippen LogP contribution in [-0.2, 0) is 41.4 Å². The molecule has 0 radical (unpaired) electrons. The zero-order valence-corrected chi connectivity index (χ0v) is 30.1. The van der Waals surface area contributed by atoms with Gasteiger partial charge in [0, 0.05) is 61.2 Å². The van der Waals surface area contributed by atoms with Gasteiger partial charge in [-0.15, -0.1) is 23.5 Å². The van der Waals surface area contributed by atoms with Crippen LogP contribution in [0.4, 0.5) is 0 Å². The van der Waals surface area contributed by atoms with Crippen molar-refractivity contribution in [2.75, 3.05) is 71.0 Å². The molecule has 0 aromatic heterocycles. The molecule has 2 unspecified atom stereocenters. The highest BCUT2D eigenvalue weighted by Crippen LogP contribution is 2.36. The Balaban J connectivity index is 1.19. The Morgan fingerprint density at radius 2 is 1.00 bits per heavy atom. The Labute approximate surface area is 309 Å². The van der Waals surface area contributed by atoms with Crippen molar-refractivity contribution in [3.63, 3.8) is 0 Å². The number of aromatic hydroxyl groups is 4. The number of benzene rings is 2. The molecule has 5 rings (SSSR count). The van der Waals surface area contributed by atoms with Gasteiger partial charge < -0.3 is 39.4 Å². The largest absolute Gasteiger partial charge is 0.508 e. The van der Waals surface area contributed by atoms with Crippen LogP contribution >= 0.6 is 23.5 Å². The Bertz CT molecular complexity index is 1510. The summed E-state index contributed by atoms with van der Waals surface area (Å²) in [5.41, 5.74) is 1.97. The van der Waals surface area contributed by atoms with Crippen LogP contribution in [0.2, 0.25) is 0 Å². The number of carbonyl (C=O) groups excluding carboxylic acids is 2. The molecule has 16 nitrogen and oxygen atoms in total. The third kappa shape index (κ3) is 10.7. The van der Waals surface area contributed by atoms with Gasteiger partial charge in [0.05, 0.1) is 26.3 Å². The van der Waals surface area contributed by atoms with E-state index in [4.69, 9.17) is 18.9 Å². The van der Waals surface area contributed by atoms with Crippen LogP contribution in [0.25, 0.3) is 0 Å². The number of aryl methyl sites for hydroxylation is 2. The third-order valence-electron chi connectivity index (χ3n) is 8.34. The van der Waals surface area contributed by atoms with Gasteiger partial charge in [-0.2, -0.15) is 0 Å². The van der Waals surface area contributed by atoms with E-state index in [1.165, 1.54) is 35.7 Å². The van der Waals surface area contributed by atoms with Crippen LogP contribution < -0.4 is 0 Å². The number of aliphatic imine (C=N–C) groups is 2. The van der Waals surface area contributed by atoms with Crippen molar-refractivity contribution < 1.29 is 59.4 Å². The minimum Gasteiger partial charge on any atom is -0.508 e. The number of phenolic OH excluding ortho intramolecular Hbond substituents is 4. The molecular formula is C34H44N4O12S2. The van der Waals surface area contributed by atoms with Gasteiger partial charge in [0.15, 0.2) is 0 Å². The summed E-state index contributed by atoms with van der Waals surface area (Å²) in [6, 6.07) is 4.04. The number of phenols is 4. The summed E-state index contributed by atoms with van der Waals surface area (Å²) >= 11 is 2.52. The number of amides is 2. The molecule has 284 valence electrons. The van der Waals surface area contributed by atoms with Crippen LogP contribution in [0.1, 0.15) is 41.5 Å². The van der Waals surface area contributed by atoms with E-state index in [1.54, 1.807) is 12.1 Å². The van der Waals surface area contributed by atoms with Crippen molar-refractivity contribution in [2.45, 2.75) is 44.2 Å². The molecule has 2 aromatic carbocycles. The second-order valence-electron chi connectivity index (χ2n) is 12.2. The number of thioether (sulfide) groups is 2. The first kappa shape index (κ1) is 39.6. The van der Waals surface area contributed by atoms with E-state index in [-0.39, 0.29) is 67.6 Å². The fraction of sp³-hybridized carbons (Fsp3) is 0.529. The van der Waals surface area contributed by atoms with E-state index in [1.807, 2.05) is 0 Å². The smallest absolute Gasteiger partial charge is 0.271 e.